The second kappa shape index (κ2) is 12.1. The molecule has 2 N–H and O–H groups in total. The zero-order valence-electron chi connectivity index (χ0n) is 15.5. The van der Waals surface area contributed by atoms with Crippen molar-refractivity contribution in [2.45, 2.75) is 38.2 Å². The van der Waals surface area contributed by atoms with Crippen LogP contribution in [0.15, 0.2) is 4.99 Å². The Kier molecular flexibility index (Phi) is 11.9. The highest BCUT2D eigenvalue weighted by Gasteiger charge is 2.34. The topological polar surface area (TPSA) is 42.9 Å². The molecule has 0 spiro atoms. The molecule has 5 nitrogen and oxygen atoms in total. The summed E-state index contributed by atoms with van der Waals surface area (Å²) in [6.45, 7) is 1.77. The van der Waals surface area contributed by atoms with Gasteiger partial charge in [-0.05, 0) is 33.4 Å². The van der Waals surface area contributed by atoms with Gasteiger partial charge in [0.25, 0.3) is 0 Å². The predicted molar refractivity (Wildman–Crippen MR) is 104 cm³/mol. The van der Waals surface area contributed by atoms with Crippen LogP contribution in [0.3, 0.4) is 0 Å². The van der Waals surface area contributed by atoms with E-state index in [2.05, 4.69) is 15.6 Å². The summed E-state index contributed by atoms with van der Waals surface area (Å²) >= 11 is 0. The fraction of sp³-hybridized carbons (Fsp3) is 0.933. The standard InChI is InChI=1S/C15H27F6N5.HI/c1-3-22-13(23-6-4-7-25(2)10-14(16,17)18)24-12-5-8-26(9-12)11-15(19,20)21;/h12H,3-11H2,1-2H3,(H2,22,23,24);1H. The third kappa shape index (κ3) is 13.3. The van der Waals surface area contributed by atoms with Crippen molar-refractivity contribution in [2.24, 2.45) is 4.99 Å². The van der Waals surface area contributed by atoms with E-state index in [0.717, 1.165) is 0 Å². The molecule has 0 aromatic heterocycles. The monoisotopic (exact) mass is 519 g/mol. The highest BCUT2D eigenvalue weighted by molar-refractivity contribution is 14.0. The molecule has 1 heterocycles. The van der Waals surface area contributed by atoms with Gasteiger partial charge in [0, 0.05) is 32.2 Å². The molecule has 1 fully saturated rings. The molecule has 162 valence electrons. The number of halogens is 7. The molecule has 0 bridgehead atoms. The lowest BCUT2D eigenvalue weighted by Gasteiger charge is -2.20. The summed E-state index contributed by atoms with van der Waals surface area (Å²) < 4.78 is 74.0. The van der Waals surface area contributed by atoms with Gasteiger partial charge >= 0.3 is 12.4 Å². The second-order valence-corrected chi connectivity index (χ2v) is 6.45. The van der Waals surface area contributed by atoms with E-state index in [0.29, 0.717) is 38.4 Å². The number of rotatable bonds is 8. The van der Waals surface area contributed by atoms with Crippen LogP contribution in [-0.2, 0) is 0 Å². The zero-order valence-corrected chi connectivity index (χ0v) is 17.8. The van der Waals surface area contributed by atoms with Crippen LogP contribution in [0, 0.1) is 0 Å². The summed E-state index contributed by atoms with van der Waals surface area (Å²) in [5.41, 5.74) is 0. The van der Waals surface area contributed by atoms with Crippen LogP contribution in [0.2, 0.25) is 0 Å². The van der Waals surface area contributed by atoms with Crippen molar-refractivity contribution in [2.75, 3.05) is 52.9 Å². The molecular formula is C15H28F6IN5. The number of hydrogen-bond acceptors (Lipinski definition) is 3. The maximum Gasteiger partial charge on any atom is 0.401 e. The highest BCUT2D eigenvalue weighted by atomic mass is 127. The van der Waals surface area contributed by atoms with Gasteiger partial charge in [-0.15, -0.1) is 24.0 Å². The lowest BCUT2D eigenvalue weighted by atomic mass is 10.3. The molecule has 0 aromatic rings. The third-order valence-corrected chi connectivity index (χ3v) is 3.78. The van der Waals surface area contributed by atoms with Gasteiger partial charge in [0.2, 0.25) is 0 Å². The summed E-state index contributed by atoms with van der Waals surface area (Å²) in [5.74, 6) is 0.477. The molecular weight excluding hydrogens is 491 g/mol. The van der Waals surface area contributed by atoms with Crippen molar-refractivity contribution in [3.05, 3.63) is 0 Å². The number of aliphatic imine (C=N–C) groups is 1. The fourth-order valence-electron chi connectivity index (χ4n) is 2.78. The molecule has 1 aliphatic rings. The van der Waals surface area contributed by atoms with Gasteiger partial charge in [-0.1, -0.05) is 0 Å². The van der Waals surface area contributed by atoms with E-state index in [9.17, 15) is 26.3 Å². The molecule has 0 radical (unpaired) electrons. The van der Waals surface area contributed by atoms with Gasteiger partial charge in [-0.2, -0.15) is 26.3 Å². The number of nitrogens with zero attached hydrogens (tertiary/aromatic N) is 3. The van der Waals surface area contributed by atoms with Crippen molar-refractivity contribution < 1.29 is 26.3 Å². The lowest BCUT2D eigenvalue weighted by Crippen LogP contribution is -2.45. The average molecular weight is 519 g/mol. The Bertz CT molecular complexity index is 443. The zero-order chi connectivity index (χ0) is 19.8. The van der Waals surface area contributed by atoms with Crippen molar-refractivity contribution in [3.63, 3.8) is 0 Å². The van der Waals surface area contributed by atoms with Crippen LogP contribution in [0.4, 0.5) is 26.3 Å². The molecule has 12 heteroatoms. The number of hydrogen-bond donors (Lipinski definition) is 2. The smallest absolute Gasteiger partial charge is 0.357 e. The van der Waals surface area contributed by atoms with Crippen molar-refractivity contribution in [3.8, 4) is 0 Å². The largest absolute Gasteiger partial charge is 0.401 e. The molecule has 1 atom stereocenters. The van der Waals surface area contributed by atoms with Gasteiger partial charge in [0.05, 0.1) is 13.1 Å². The van der Waals surface area contributed by atoms with Crippen molar-refractivity contribution >= 4 is 29.9 Å². The first kappa shape index (κ1) is 26.5. The minimum Gasteiger partial charge on any atom is -0.357 e. The number of alkyl halides is 6. The van der Waals surface area contributed by atoms with Crippen LogP contribution in [0.1, 0.15) is 19.8 Å². The van der Waals surface area contributed by atoms with Crippen LogP contribution >= 0.6 is 24.0 Å². The van der Waals surface area contributed by atoms with E-state index in [4.69, 9.17) is 0 Å². The van der Waals surface area contributed by atoms with Crippen LogP contribution in [0.5, 0.6) is 0 Å². The number of likely N-dealkylation sites (tertiary alicyclic amines) is 1. The third-order valence-electron chi connectivity index (χ3n) is 3.78. The minimum absolute atomic E-state index is 0. The predicted octanol–water partition coefficient (Wildman–Crippen LogP) is 2.68. The van der Waals surface area contributed by atoms with Crippen LogP contribution < -0.4 is 10.6 Å². The summed E-state index contributed by atoms with van der Waals surface area (Å²) in [6.07, 6.45) is -7.40. The van der Waals surface area contributed by atoms with E-state index in [1.54, 1.807) is 0 Å². The Morgan fingerprint density at radius 1 is 1.19 bits per heavy atom. The maximum atomic E-state index is 12.4. The normalized spacial score (nSPS) is 19.3. The lowest BCUT2D eigenvalue weighted by molar-refractivity contribution is -0.144. The van der Waals surface area contributed by atoms with Crippen LogP contribution in [-0.4, -0.2) is 87.0 Å². The average Bonchev–Trinajstić information content (AvgIpc) is 2.86. The summed E-state index contributed by atoms with van der Waals surface area (Å²) in [4.78, 5) is 6.81. The molecule has 1 aliphatic heterocycles. The van der Waals surface area contributed by atoms with E-state index in [1.807, 2.05) is 6.92 Å². The summed E-state index contributed by atoms with van der Waals surface area (Å²) in [5, 5.41) is 6.10. The number of guanidine groups is 1. The first-order chi connectivity index (χ1) is 12.0. The Morgan fingerprint density at radius 3 is 2.41 bits per heavy atom. The van der Waals surface area contributed by atoms with E-state index in [-0.39, 0.29) is 43.1 Å². The van der Waals surface area contributed by atoms with Gasteiger partial charge in [-0.3, -0.25) is 14.8 Å². The van der Waals surface area contributed by atoms with Gasteiger partial charge in [0.1, 0.15) is 0 Å². The quantitative estimate of drug-likeness (QED) is 0.170. The molecule has 0 amide bonds. The van der Waals surface area contributed by atoms with Gasteiger partial charge in [0.15, 0.2) is 5.96 Å². The molecule has 1 unspecified atom stereocenters. The van der Waals surface area contributed by atoms with Gasteiger partial charge in [-0.25, -0.2) is 0 Å². The van der Waals surface area contributed by atoms with E-state index >= 15 is 0 Å². The maximum absolute atomic E-state index is 12.4. The second-order valence-electron chi connectivity index (χ2n) is 6.45. The molecule has 0 aromatic carbocycles. The first-order valence-corrected chi connectivity index (χ1v) is 8.58. The Morgan fingerprint density at radius 2 is 1.85 bits per heavy atom. The molecule has 0 aliphatic carbocycles. The summed E-state index contributed by atoms with van der Waals surface area (Å²) in [6, 6.07) is -0.136. The first-order valence-electron chi connectivity index (χ1n) is 8.58. The minimum atomic E-state index is -4.22. The summed E-state index contributed by atoms with van der Waals surface area (Å²) in [7, 11) is 1.40. The number of nitrogens with one attached hydrogen (secondary N) is 2. The Labute approximate surface area is 172 Å². The highest BCUT2D eigenvalue weighted by Crippen LogP contribution is 2.20. The van der Waals surface area contributed by atoms with Crippen molar-refractivity contribution in [1.82, 2.24) is 20.4 Å². The Hall–Kier alpha value is -0.500. The molecule has 0 saturated carbocycles. The molecule has 1 saturated heterocycles. The SMILES string of the molecule is CCNC(=NCCCN(C)CC(F)(F)F)NC1CCN(CC(F)(F)F)C1.I. The molecule has 1 rings (SSSR count). The van der Waals surface area contributed by atoms with Crippen LogP contribution in [0.25, 0.3) is 0 Å². The van der Waals surface area contributed by atoms with E-state index < -0.39 is 25.4 Å². The Balaban J connectivity index is 0.00000676. The fourth-order valence-corrected chi connectivity index (χ4v) is 2.78. The van der Waals surface area contributed by atoms with Crippen molar-refractivity contribution in [1.29, 1.82) is 0 Å². The van der Waals surface area contributed by atoms with E-state index in [1.165, 1.54) is 16.8 Å². The van der Waals surface area contributed by atoms with Gasteiger partial charge < -0.3 is 10.6 Å². The molecule has 27 heavy (non-hydrogen) atoms.